The van der Waals surface area contributed by atoms with Gasteiger partial charge in [0, 0.05) is 134 Å². The van der Waals surface area contributed by atoms with Gasteiger partial charge in [0.05, 0.1) is 116 Å². The van der Waals surface area contributed by atoms with Crippen molar-refractivity contribution in [3.05, 3.63) is 116 Å². The van der Waals surface area contributed by atoms with E-state index < -0.39 is 177 Å². The molecular weight excluding hydrogens is 1450 g/mol. The first kappa shape index (κ1) is 50.7. The van der Waals surface area contributed by atoms with Crippen LogP contribution in [0.5, 0.6) is 57.5 Å². The summed E-state index contributed by atoms with van der Waals surface area (Å²) in [5.41, 5.74) is 3.36. The molecule has 5 N–H and O–H groups in total. The second-order valence-electron chi connectivity index (χ2n) is 32.3. The van der Waals surface area contributed by atoms with Crippen molar-refractivity contribution in [2.24, 2.45) is 59.1 Å². The van der Waals surface area contributed by atoms with Gasteiger partial charge in [-0.3, -0.25) is 24.5 Å². The fourth-order valence-electron chi connectivity index (χ4n) is 17.0. The Hall–Kier alpha value is -6.30. The second kappa shape index (κ2) is 40.6. The SMILES string of the molecule is [2H]C([2H])([2H])Oc1cc2c(cc1OC)C([2H])([2H])C([2H])([2H])N1CC(CC(C)C)C(O)CC21.[2H]C([2H])([2H])Oc1cc2c(cc1OC)CCN1C2C([2H])([2H])C([2H])(O)C([2H])(C([2H])([2H])C([2H])(C)C([2H])([2H])[2H])C1([2H])[2H].[2H]C([2H])([2H])Oc1cc2c(cc1OC)CCN1C2C([2H])([2H])C([2H])(O)C([2H])(CC(C)C)C1([2H])[2H].[2H]C1([2H])c2cc(OC)c(OC)cc2C2CC(O)C(CC(C)C)CN2C1([2H])[2H].[2H]C1([2H])c2cc(OC)c(OC)cc2C2CC(O)C(CC(C)C)CN2C1([2H])[2H]. The molecule has 16 atom stereocenters. The standard InChI is InChI=1S/5C19H29NO3/c5*1-12(2)7-14-11-20-6-5-13-8-18(22-3)19(23-4)9-15(13)16(20)10-17(14)21/h5*8-9,12,14,16-17,21H,5-7,10-11H2,1-4H3/i1D3,4D3,7D2,10D2,11D2,12D,14D,17D;4D3,10D2,11D2,14D,17D;4D3,5D2,6D2;2*5D2,6D2. The molecule has 0 aliphatic carbocycles. The van der Waals surface area contributed by atoms with Crippen LogP contribution in [-0.2, 0) is 32.0 Å². The first-order valence-corrected chi connectivity index (χ1v) is 39.5. The zero-order valence-corrected chi connectivity index (χ0v) is 68.9. The van der Waals surface area contributed by atoms with E-state index in [4.69, 9.17) is 101 Å². The average molecular weight is 1640 g/mol. The summed E-state index contributed by atoms with van der Waals surface area (Å²) in [4.78, 5) is 6.56. The summed E-state index contributed by atoms with van der Waals surface area (Å²) in [6.07, 6.45) is -22.4. The van der Waals surface area contributed by atoms with Crippen LogP contribution >= 0.6 is 0 Å². The Kier molecular flexibility index (Phi) is 17.9. The van der Waals surface area contributed by atoms with Gasteiger partial charge >= 0.3 is 0 Å². The van der Waals surface area contributed by atoms with Crippen molar-refractivity contribution in [1.29, 1.82) is 0 Å². The molecule has 0 radical (unpaired) electrons. The molecule has 0 bridgehead atoms. The Labute approximate surface area is 744 Å². The van der Waals surface area contributed by atoms with Gasteiger partial charge in [-0.05, 0) is 271 Å². The molecule has 20 heteroatoms. The lowest BCUT2D eigenvalue weighted by Gasteiger charge is -2.46. The van der Waals surface area contributed by atoms with Gasteiger partial charge in [-0.1, -0.05) is 69.2 Å². The third-order valence-electron chi connectivity index (χ3n) is 22.5. The maximum Gasteiger partial charge on any atom is 0.161 e. The van der Waals surface area contributed by atoms with E-state index in [1.54, 1.807) is 35.8 Å². The normalized spacial score (nSPS) is 40.5. The van der Waals surface area contributed by atoms with Crippen LogP contribution in [0.2, 0.25) is 0 Å². The lowest BCUT2D eigenvalue weighted by Crippen LogP contribution is -2.48. The number of nitrogens with zero attached hydrogens (tertiary/aromatic N) is 5. The smallest absolute Gasteiger partial charge is 0.161 e. The number of aryl methyl sites for hydroxylation is 3. The summed E-state index contributed by atoms with van der Waals surface area (Å²) in [6.45, 7) is 0.813. The van der Waals surface area contributed by atoms with Crippen molar-refractivity contribution in [2.45, 2.75) is 226 Å². The molecule has 0 aromatic heterocycles. The fraction of sp³-hybridized carbons (Fsp3) is 0.684. The zero-order valence-electron chi connectivity index (χ0n) is 108. The van der Waals surface area contributed by atoms with Crippen molar-refractivity contribution in [1.82, 2.24) is 24.5 Å². The molecule has 115 heavy (non-hydrogen) atoms. The van der Waals surface area contributed by atoms with Crippen LogP contribution in [0.15, 0.2) is 60.7 Å². The monoisotopic (exact) mass is 1640 g/mol. The van der Waals surface area contributed by atoms with Crippen molar-refractivity contribution in [3.63, 3.8) is 0 Å². The van der Waals surface area contributed by atoms with Crippen molar-refractivity contribution >= 4 is 0 Å². The van der Waals surface area contributed by atoms with E-state index in [1.165, 1.54) is 102 Å². The number of piperidine rings is 5. The highest BCUT2D eigenvalue weighted by Crippen LogP contribution is 2.50. The number of rotatable bonds is 20. The Balaban J connectivity index is 0.000000183. The fourth-order valence-corrected chi connectivity index (χ4v) is 17.0. The molecule has 5 aromatic carbocycles. The third kappa shape index (κ3) is 21.1. The highest BCUT2D eigenvalue weighted by molar-refractivity contribution is 5.54. The van der Waals surface area contributed by atoms with Crippen LogP contribution < -0.4 is 47.4 Å². The summed E-state index contributed by atoms with van der Waals surface area (Å²) in [5, 5.41) is 54.6. The molecule has 0 amide bonds. The van der Waals surface area contributed by atoms with Gasteiger partial charge < -0.3 is 72.9 Å². The topological polar surface area (TPSA) is 210 Å². The minimum atomic E-state index is -3.97. The minimum absolute atomic E-state index is 0.0204. The van der Waals surface area contributed by atoms with Crippen LogP contribution in [0.25, 0.3) is 0 Å². The molecule has 16 unspecified atom stereocenters. The van der Waals surface area contributed by atoms with Gasteiger partial charge in [0.1, 0.15) is 0 Å². The van der Waals surface area contributed by atoms with Crippen LogP contribution in [0, 0.1) is 59.1 Å². The van der Waals surface area contributed by atoms with Gasteiger partial charge in [0.2, 0.25) is 0 Å². The number of hydrogen-bond donors (Lipinski definition) is 5. The number of methoxy groups -OCH3 is 10. The molecular formula is C95H145N5O15. The largest absolute Gasteiger partial charge is 0.493 e. The Morgan fingerprint density at radius 1 is 0.383 bits per heavy atom. The van der Waals surface area contributed by atoms with Crippen molar-refractivity contribution < 1.29 is 126 Å². The highest BCUT2D eigenvalue weighted by Gasteiger charge is 2.45. The molecule has 10 aliphatic rings. The van der Waals surface area contributed by atoms with E-state index in [0.717, 1.165) is 18.9 Å². The van der Waals surface area contributed by atoms with Gasteiger partial charge in [0.25, 0.3) is 0 Å². The van der Waals surface area contributed by atoms with Crippen molar-refractivity contribution in [2.75, 3.05) is 136 Å². The Morgan fingerprint density at radius 2 is 0.661 bits per heavy atom. The van der Waals surface area contributed by atoms with Gasteiger partial charge in [-0.25, -0.2) is 0 Å². The number of aliphatic hydroxyl groups is 5. The maximum absolute atomic E-state index is 11.3. The van der Waals surface area contributed by atoms with Crippen LogP contribution in [-0.4, -0.2) is 217 Å². The Bertz CT molecular complexity index is 5670. The molecule has 5 saturated heterocycles. The Morgan fingerprint density at radius 3 is 0.957 bits per heavy atom. The van der Waals surface area contributed by atoms with Crippen LogP contribution in [0.3, 0.4) is 0 Å². The first-order chi connectivity index (χ1) is 69.9. The molecule has 0 saturated carbocycles. The van der Waals surface area contributed by atoms with Gasteiger partial charge in [-0.15, -0.1) is 0 Å². The summed E-state index contributed by atoms with van der Waals surface area (Å²) in [6, 6.07) is 9.75. The van der Waals surface area contributed by atoms with E-state index in [9.17, 15) is 25.5 Å². The van der Waals surface area contributed by atoms with E-state index in [1.807, 2.05) is 13.8 Å². The molecule has 0 spiro atoms. The lowest BCUT2D eigenvalue weighted by atomic mass is 9.79. The molecule has 640 valence electrons. The number of benzene rings is 5. The predicted molar refractivity (Wildman–Crippen MR) is 456 cm³/mol. The van der Waals surface area contributed by atoms with E-state index in [-0.39, 0.29) is 131 Å². The lowest BCUT2D eigenvalue weighted by molar-refractivity contribution is -0.0192. The minimum Gasteiger partial charge on any atom is -0.493 e. The summed E-state index contributed by atoms with van der Waals surface area (Å²) < 4.78 is 375. The second-order valence-corrected chi connectivity index (χ2v) is 32.3. The predicted octanol–water partition coefficient (Wildman–Crippen LogP) is 15.1. The third-order valence-corrected chi connectivity index (χ3v) is 22.5. The van der Waals surface area contributed by atoms with Crippen LogP contribution in [0.1, 0.15) is 273 Å². The van der Waals surface area contributed by atoms with Gasteiger partial charge in [0.15, 0.2) is 57.5 Å². The summed E-state index contributed by atoms with van der Waals surface area (Å²) >= 11 is 0. The van der Waals surface area contributed by atoms with E-state index in [2.05, 4.69) is 27.7 Å². The number of ether oxygens (including phenoxy) is 10. The average Bonchev–Trinajstić information content (AvgIpc) is 0.647. The number of fused-ring (bicyclic) bond motifs is 15. The maximum atomic E-state index is 11.3. The molecule has 10 aliphatic heterocycles. The van der Waals surface area contributed by atoms with Crippen molar-refractivity contribution in [3.8, 4) is 57.5 Å². The molecule has 5 aromatic rings. The quantitative estimate of drug-likeness (QED) is 0.0491. The molecule has 10 heterocycles. The zero-order chi connectivity index (χ0) is 117. The first-order valence-electron chi connectivity index (χ1n) is 59.0. The van der Waals surface area contributed by atoms with E-state index >= 15 is 0 Å². The van der Waals surface area contributed by atoms with Crippen LogP contribution in [0.4, 0.5) is 0 Å². The number of hydrogen-bond acceptors (Lipinski definition) is 20. The summed E-state index contributed by atoms with van der Waals surface area (Å²) in [5.74, 6) is -7.91. The van der Waals surface area contributed by atoms with Gasteiger partial charge in [-0.2, -0.15) is 0 Å². The number of aliphatic hydroxyl groups excluding tert-OH is 3. The molecule has 5 fully saturated rings. The summed E-state index contributed by atoms with van der Waals surface area (Å²) in [7, 11) is 1.40. The molecule has 15 rings (SSSR count). The highest BCUT2D eigenvalue weighted by atomic mass is 16.5. The molecule has 20 nitrogen and oxygen atoms in total. The van der Waals surface area contributed by atoms with E-state index in [0.29, 0.717) is 113 Å².